The number of aliphatic hydroxyl groups is 12. The van der Waals surface area contributed by atoms with Crippen LogP contribution in [0.5, 0.6) is 0 Å². The summed E-state index contributed by atoms with van der Waals surface area (Å²) in [6, 6.07) is 0. The van der Waals surface area contributed by atoms with Gasteiger partial charge in [-0.15, -0.1) is 0 Å². The number of aliphatic carboxylic acids is 1. The van der Waals surface area contributed by atoms with Crippen molar-refractivity contribution in [1.29, 1.82) is 0 Å². The summed E-state index contributed by atoms with van der Waals surface area (Å²) in [5, 5.41) is 138. The third-order valence-electron chi connectivity index (χ3n) is 20.7. The predicted octanol–water partition coefficient (Wildman–Crippen LogP) is -1.69. The molecule has 5 aliphatic carbocycles. The van der Waals surface area contributed by atoms with Crippen molar-refractivity contribution < 1.29 is 114 Å². The number of allylic oxidation sites excluding steroid dienone is 2. The van der Waals surface area contributed by atoms with E-state index in [4.69, 9.17) is 37.9 Å². The largest absolute Gasteiger partial charge is 0.481 e. The molecule has 23 heteroatoms. The summed E-state index contributed by atoms with van der Waals surface area (Å²) in [4.78, 5) is 28.7. The average Bonchev–Trinajstić information content (AvgIpc) is 3.36. The second-order valence-corrected chi connectivity index (χ2v) is 25.2. The van der Waals surface area contributed by atoms with Crippen LogP contribution in [0, 0.1) is 50.2 Å². The molecule has 0 aromatic rings. The van der Waals surface area contributed by atoms with Crippen molar-refractivity contribution in [2.75, 3.05) is 26.4 Å². The maximum absolute atomic E-state index is 15.1. The van der Waals surface area contributed by atoms with Crippen LogP contribution in [0.25, 0.3) is 0 Å². The van der Waals surface area contributed by atoms with Crippen LogP contribution in [-0.2, 0) is 47.5 Å². The Morgan fingerprint density at radius 1 is 0.627 bits per heavy atom. The quantitative estimate of drug-likeness (QED) is 0.0623. The maximum atomic E-state index is 15.1. The molecule has 9 aliphatic rings. The van der Waals surface area contributed by atoms with E-state index in [0.29, 0.717) is 64.2 Å². The summed E-state index contributed by atoms with van der Waals surface area (Å²) in [6.07, 6.45) is -22.6. The summed E-state index contributed by atoms with van der Waals surface area (Å²) >= 11 is 0. The van der Waals surface area contributed by atoms with Crippen molar-refractivity contribution in [1.82, 2.24) is 0 Å². The number of carboxylic acid groups (broad SMARTS) is 1. The standard InChI is InChI=1S/C52H82O23/c1-47(2)13-15-52(46(67)75-43-39(64)35(60)34(59)27(72-43)21-70-44-40(36(61)33(58)26(18-53)71-44)74-42-38(63)32(57)25(55)20-69-42)16-14-49(4)22(23(52)17-47)7-8-28-48(3)11-10-30(73-41-37(62)31(56)24(54)19-68-41)51(6,45(65)66)29(48)9-12-50(28,49)5/h7,23-44,53-64H,8-21H2,1-6H3,(H,65,66)/t23-,24+,25+,26+,27+,28+,29+,30-,31-,32-,33+,34-,35-,36-,37+,38+,39+,40+,41-,42-,43-,44+,48+,49+,50+,51-,52-/m0/s1. The van der Waals surface area contributed by atoms with Gasteiger partial charge in [0.2, 0.25) is 6.29 Å². The third kappa shape index (κ3) is 9.35. The zero-order valence-electron chi connectivity index (χ0n) is 43.6. The second kappa shape index (κ2) is 20.8. The van der Waals surface area contributed by atoms with Gasteiger partial charge in [0.15, 0.2) is 18.9 Å². The number of hydrogen-bond donors (Lipinski definition) is 13. The van der Waals surface area contributed by atoms with Gasteiger partial charge < -0.3 is 104 Å². The molecule has 0 aromatic heterocycles. The first-order valence-corrected chi connectivity index (χ1v) is 26.8. The average molecular weight is 1080 g/mol. The van der Waals surface area contributed by atoms with Gasteiger partial charge in [-0.3, -0.25) is 9.59 Å². The lowest BCUT2D eigenvalue weighted by molar-refractivity contribution is -0.364. The molecule has 13 N–H and O–H groups in total. The van der Waals surface area contributed by atoms with E-state index >= 15 is 4.79 Å². The van der Waals surface area contributed by atoms with Crippen LogP contribution in [0.15, 0.2) is 11.6 Å². The van der Waals surface area contributed by atoms with E-state index < -0.39 is 170 Å². The van der Waals surface area contributed by atoms with Crippen molar-refractivity contribution in [3.63, 3.8) is 0 Å². The first-order chi connectivity index (χ1) is 35.1. The number of carbonyl (C=O) groups excluding carboxylic acids is 1. The molecule has 428 valence electrons. The maximum Gasteiger partial charge on any atom is 0.315 e. The van der Waals surface area contributed by atoms with E-state index in [0.717, 1.165) is 5.57 Å². The number of rotatable bonds is 11. The molecule has 4 saturated heterocycles. The first-order valence-electron chi connectivity index (χ1n) is 26.8. The molecule has 0 radical (unpaired) electrons. The highest BCUT2D eigenvalue weighted by atomic mass is 16.8. The van der Waals surface area contributed by atoms with E-state index in [2.05, 4.69) is 40.7 Å². The molecule has 27 atom stereocenters. The van der Waals surface area contributed by atoms with Gasteiger partial charge in [0, 0.05) is 0 Å². The van der Waals surface area contributed by atoms with Gasteiger partial charge in [0.1, 0.15) is 85.5 Å². The number of esters is 1. The molecule has 4 saturated carbocycles. The highest BCUT2D eigenvalue weighted by Crippen LogP contribution is 2.76. The van der Waals surface area contributed by atoms with E-state index in [9.17, 15) is 71.2 Å². The number of fused-ring (bicyclic) bond motifs is 7. The molecule has 75 heavy (non-hydrogen) atoms. The summed E-state index contributed by atoms with van der Waals surface area (Å²) in [5.74, 6) is -2.30. The third-order valence-corrected chi connectivity index (χ3v) is 20.7. The monoisotopic (exact) mass is 1070 g/mol. The number of ether oxygens (including phenoxy) is 8. The van der Waals surface area contributed by atoms with Crippen LogP contribution in [-0.4, -0.2) is 221 Å². The van der Waals surface area contributed by atoms with Gasteiger partial charge >= 0.3 is 11.9 Å². The minimum atomic E-state index is -1.91. The van der Waals surface area contributed by atoms with Crippen molar-refractivity contribution in [3.8, 4) is 0 Å². The molecule has 9 rings (SSSR count). The summed E-state index contributed by atoms with van der Waals surface area (Å²) in [6.45, 7) is 10.7. The Balaban J connectivity index is 0.935. The summed E-state index contributed by atoms with van der Waals surface area (Å²) in [7, 11) is 0. The molecule has 23 nitrogen and oxygen atoms in total. The molecule has 0 spiro atoms. The summed E-state index contributed by atoms with van der Waals surface area (Å²) < 4.78 is 46.7. The van der Waals surface area contributed by atoms with Gasteiger partial charge in [0.05, 0.1) is 43.4 Å². The van der Waals surface area contributed by atoms with Crippen LogP contribution < -0.4 is 0 Å². The van der Waals surface area contributed by atoms with Crippen LogP contribution >= 0.6 is 0 Å². The Bertz CT molecular complexity index is 2110. The number of carboxylic acids is 1. The SMILES string of the molecule is CC1(C)CC[C@]2(C(=O)O[C@@H]3O[C@H](CO[C@@H]4O[C@H](CO)[C@@H](O)[C@H](O)[C@H]4O[C@@H]4OC[C@@H](O)[C@H](O)[C@H]4O)[C@H](O)[C@H](O)[C@H]3O)CC[C@]3(C)C(=CC[C@@H]4[C@@]5(C)CC[C@H](O[C@@H]6OC[C@@H](O)[C@H](O)[C@H]6O)[C@@](C)(C(=O)O)[C@@H]5CC[C@]43C)[C@@H]2C1. The van der Waals surface area contributed by atoms with Crippen LogP contribution in [0.3, 0.4) is 0 Å². The number of hydrogen-bond acceptors (Lipinski definition) is 22. The number of carbonyl (C=O) groups is 2. The molecule has 0 bridgehead atoms. The van der Waals surface area contributed by atoms with E-state index in [-0.39, 0.29) is 35.2 Å². The van der Waals surface area contributed by atoms with Gasteiger partial charge in [-0.25, -0.2) is 0 Å². The second-order valence-electron chi connectivity index (χ2n) is 25.2. The van der Waals surface area contributed by atoms with E-state index in [1.165, 1.54) is 0 Å². The fraction of sp³-hybridized carbons (Fsp3) is 0.923. The van der Waals surface area contributed by atoms with E-state index in [1.54, 1.807) is 6.92 Å². The molecular weight excluding hydrogens is 993 g/mol. The Hall–Kier alpha value is -2.08. The van der Waals surface area contributed by atoms with Gasteiger partial charge in [0.25, 0.3) is 0 Å². The van der Waals surface area contributed by atoms with Crippen molar-refractivity contribution >= 4 is 11.9 Å². The topological polar surface area (TPSA) is 371 Å². The lowest BCUT2D eigenvalue weighted by Crippen LogP contribution is -2.67. The molecule has 0 amide bonds. The minimum absolute atomic E-state index is 0.0253. The Labute approximate surface area is 435 Å². The van der Waals surface area contributed by atoms with Gasteiger partial charge in [-0.05, 0) is 111 Å². The molecular formula is C52H82O23. The van der Waals surface area contributed by atoms with Crippen molar-refractivity contribution in [2.45, 2.75) is 222 Å². The lowest BCUT2D eigenvalue weighted by Gasteiger charge is -2.71. The zero-order chi connectivity index (χ0) is 54.7. The highest BCUT2D eigenvalue weighted by molar-refractivity contribution is 5.79. The molecule has 4 aliphatic heterocycles. The predicted molar refractivity (Wildman–Crippen MR) is 253 cm³/mol. The fourth-order valence-corrected chi connectivity index (χ4v) is 15.8. The normalized spacial score (nSPS) is 53.8. The Kier molecular flexibility index (Phi) is 16.0. The zero-order valence-corrected chi connectivity index (χ0v) is 43.6. The van der Waals surface area contributed by atoms with Crippen molar-refractivity contribution in [3.05, 3.63) is 11.6 Å². The Morgan fingerprint density at radius 2 is 1.21 bits per heavy atom. The van der Waals surface area contributed by atoms with Crippen LogP contribution in [0.1, 0.15) is 106 Å². The minimum Gasteiger partial charge on any atom is -0.481 e. The Morgan fingerprint density at radius 3 is 1.84 bits per heavy atom. The molecule has 0 unspecified atom stereocenters. The van der Waals surface area contributed by atoms with Crippen molar-refractivity contribution in [2.24, 2.45) is 50.2 Å². The van der Waals surface area contributed by atoms with Gasteiger partial charge in [-0.2, -0.15) is 0 Å². The molecule has 0 aromatic carbocycles. The van der Waals surface area contributed by atoms with Crippen LogP contribution in [0.2, 0.25) is 0 Å². The lowest BCUT2D eigenvalue weighted by atomic mass is 9.33. The van der Waals surface area contributed by atoms with E-state index in [1.807, 2.05) is 0 Å². The highest BCUT2D eigenvalue weighted by Gasteiger charge is 2.72. The molecule has 8 fully saturated rings. The summed E-state index contributed by atoms with van der Waals surface area (Å²) in [5.41, 5.74) is -2.80. The molecule has 4 heterocycles. The van der Waals surface area contributed by atoms with Crippen LogP contribution in [0.4, 0.5) is 0 Å². The smallest absolute Gasteiger partial charge is 0.315 e. The fourth-order valence-electron chi connectivity index (χ4n) is 15.8. The van der Waals surface area contributed by atoms with Gasteiger partial charge in [-0.1, -0.05) is 46.3 Å². The first kappa shape index (κ1) is 57.6. The number of aliphatic hydroxyl groups excluding tert-OH is 12.